The van der Waals surface area contributed by atoms with Gasteiger partial charge in [0.05, 0.1) is 7.11 Å². The molecule has 0 saturated heterocycles. The van der Waals surface area contributed by atoms with Crippen molar-refractivity contribution in [2.45, 2.75) is 38.6 Å². The Morgan fingerprint density at radius 2 is 2.00 bits per heavy atom. The van der Waals surface area contributed by atoms with E-state index in [0.29, 0.717) is 11.9 Å². The van der Waals surface area contributed by atoms with Gasteiger partial charge in [-0.15, -0.1) is 0 Å². The summed E-state index contributed by atoms with van der Waals surface area (Å²) < 4.78 is 4.97. The van der Waals surface area contributed by atoms with Gasteiger partial charge in [-0.1, -0.05) is 13.8 Å². The van der Waals surface area contributed by atoms with Crippen molar-refractivity contribution in [2.75, 3.05) is 7.11 Å². The molecule has 1 aliphatic carbocycles. The van der Waals surface area contributed by atoms with Gasteiger partial charge in [0.2, 0.25) is 0 Å². The Hall–Kier alpha value is -1.16. The number of hydrogen-bond donors (Lipinski definition) is 1. The van der Waals surface area contributed by atoms with Crippen molar-refractivity contribution in [3.8, 4) is 6.01 Å². The Kier molecular flexibility index (Phi) is 3.33. The van der Waals surface area contributed by atoms with Crippen LogP contribution in [0.15, 0.2) is 12.4 Å². The molecule has 4 nitrogen and oxygen atoms in total. The largest absolute Gasteiger partial charge is 0.467 e. The van der Waals surface area contributed by atoms with Gasteiger partial charge >= 0.3 is 6.01 Å². The highest BCUT2D eigenvalue weighted by molar-refractivity contribution is 5.21. The zero-order chi connectivity index (χ0) is 12.5. The molecule has 0 spiro atoms. The number of ether oxygens (including phenoxy) is 1. The second-order valence-electron chi connectivity index (χ2n) is 5.28. The molecule has 2 N–H and O–H groups in total. The van der Waals surface area contributed by atoms with E-state index < -0.39 is 0 Å². The van der Waals surface area contributed by atoms with E-state index in [1.165, 1.54) is 12.8 Å². The molecule has 3 unspecified atom stereocenters. The molecule has 0 radical (unpaired) electrons. The Balaban J connectivity index is 2.24. The fraction of sp³-hybridized carbons (Fsp3) is 0.692. The van der Waals surface area contributed by atoms with E-state index in [4.69, 9.17) is 10.5 Å². The lowest BCUT2D eigenvalue weighted by Crippen LogP contribution is -2.46. The first-order valence-electron chi connectivity index (χ1n) is 6.21. The molecule has 0 aromatic carbocycles. The van der Waals surface area contributed by atoms with Crippen LogP contribution < -0.4 is 10.5 Å². The topological polar surface area (TPSA) is 61.0 Å². The summed E-state index contributed by atoms with van der Waals surface area (Å²) in [6.07, 6.45) is 6.96. The molecule has 94 valence electrons. The Labute approximate surface area is 103 Å². The minimum Gasteiger partial charge on any atom is -0.467 e. The van der Waals surface area contributed by atoms with Gasteiger partial charge in [0.1, 0.15) is 0 Å². The van der Waals surface area contributed by atoms with Gasteiger partial charge in [0.15, 0.2) is 0 Å². The second kappa shape index (κ2) is 4.61. The predicted molar refractivity (Wildman–Crippen MR) is 66.6 cm³/mol. The number of nitrogens with two attached hydrogens (primary N) is 1. The average molecular weight is 235 g/mol. The van der Waals surface area contributed by atoms with Crippen molar-refractivity contribution in [3.63, 3.8) is 0 Å². The normalized spacial score (nSPS) is 33.4. The van der Waals surface area contributed by atoms with Gasteiger partial charge in [-0.05, 0) is 31.1 Å². The van der Waals surface area contributed by atoms with Crippen molar-refractivity contribution < 1.29 is 4.74 Å². The maximum Gasteiger partial charge on any atom is 0.316 e. The van der Waals surface area contributed by atoms with E-state index in [1.54, 1.807) is 19.5 Å². The number of hydrogen-bond acceptors (Lipinski definition) is 4. The molecular weight excluding hydrogens is 214 g/mol. The molecule has 0 bridgehead atoms. The van der Waals surface area contributed by atoms with Gasteiger partial charge in [0.25, 0.3) is 0 Å². The third kappa shape index (κ3) is 2.27. The predicted octanol–water partition coefficient (Wildman–Crippen LogP) is 2.10. The summed E-state index contributed by atoms with van der Waals surface area (Å²) >= 11 is 0. The van der Waals surface area contributed by atoms with Crippen LogP contribution in [0.25, 0.3) is 0 Å². The van der Waals surface area contributed by atoms with E-state index in [-0.39, 0.29) is 5.54 Å². The third-order valence-corrected chi connectivity index (χ3v) is 4.03. The van der Waals surface area contributed by atoms with Crippen LogP contribution in [0.4, 0.5) is 0 Å². The number of aromatic nitrogens is 2. The van der Waals surface area contributed by atoms with Crippen molar-refractivity contribution in [1.29, 1.82) is 0 Å². The van der Waals surface area contributed by atoms with E-state index in [1.807, 2.05) is 0 Å². The second-order valence-corrected chi connectivity index (χ2v) is 5.28. The highest BCUT2D eigenvalue weighted by atomic mass is 16.5. The third-order valence-electron chi connectivity index (χ3n) is 4.03. The van der Waals surface area contributed by atoms with Crippen molar-refractivity contribution in [1.82, 2.24) is 9.97 Å². The first kappa shape index (κ1) is 12.3. The zero-order valence-corrected chi connectivity index (χ0v) is 10.8. The summed E-state index contributed by atoms with van der Waals surface area (Å²) in [6, 6.07) is 0.397. The summed E-state index contributed by atoms with van der Waals surface area (Å²) in [4.78, 5) is 8.32. The van der Waals surface area contributed by atoms with Gasteiger partial charge in [0, 0.05) is 23.5 Å². The van der Waals surface area contributed by atoms with E-state index in [9.17, 15) is 0 Å². The summed E-state index contributed by atoms with van der Waals surface area (Å²) in [5, 5.41) is 0. The highest BCUT2D eigenvalue weighted by Crippen LogP contribution is 2.41. The van der Waals surface area contributed by atoms with E-state index in [0.717, 1.165) is 17.9 Å². The van der Waals surface area contributed by atoms with Crippen LogP contribution >= 0.6 is 0 Å². The number of methoxy groups -OCH3 is 1. The van der Waals surface area contributed by atoms with Gasteiger partial charge in [-0.3, -0.25) is 0 Å². The maximum atomic E-state index is 6.56. The minimum atomic E-state index is -0.279. The molecule has 1 heterocycles. The molecule has 17 heavy (non-hydrogen) atoms. The van der Waals surface area contributed by atoms with Crippen LogP contribution in [0, 0.1) is 11.8 Å². The summed E-state index contributed by atoms with van der Waals surface area (Å²) in [5.74, 6) is 1.23. The smallest absolute Gasteiger partial charge is 0.316 e. The zero-order valence-electron chi connectivity index (χ0n) is 10.8. The standard InChI is InChI=1S/C13H21N3O/c1-9-4-5-13(14,10(2)6-9)11-7-15-12(17-3)16-8-11/h7-10H,4-6,14H2,1-3H3. The lowest BCUT2D eigenvalue weighted by atomic mass is 9.68. The number of rotatable bonds is 2. The van der Waals surface area contributed by atoms with Crippen molar-refractivity contribution >= 4 is 0 Å². The maximum absolute atomic E-state index is 6.56. The monoisotopic (exact) mass is 235 g/mol. The molecule has 4 heteroatoms. The first-order valence-corrected chi connectivity index (χ1v) is 6.21. The SMILES string of the molecule is COc1ncc(C2(N)CCC(C)CC2C)cn1. The molecule has 3 atom stereocenters. The first-order chi connectivity index (χ1) is 8.06. The average Bonchev–Trinajstić information content (AvgIpc) is 2.34. The Bertz CT molecular complexity index is 379. The molecule has 1 aromatic rings. The summed E-state index contributed by atoms with van der Waals surface area (Å²) in [5.41, 5.74) is 7.30. The fourth-order valence-electron chi connectivity index (χ4n) is 2.75. The molecular formula is C13H21N3O. The van der Waals surface area contributed by atoms with Crippen LogP contribution in [-0.4, -0.2) is 17.1 Å². The van der Waals surface area contributed by atoms with Gasteiger partial charge < -0.3 is 10.5 Å². The highest BCUT2D eigenvalue weighted by Gasteiger charge is 2.38. The lowest BCUT2D eigenvalue weighted by molar-refractivity contribution is 0.163. The quantitative estimate of drug-likeness (QED) is 0.852. The van der Waals surface area contributed by atoms with Crippen LogP contribution in [0.1, 0.15) is 38.7 Å². The minimum absolute atomic E-state index is 0.279. The van der Waals surface area contributed by atoms with Crippen LogP contribution in [0.3, 0.4) is 0 Å². The molecule has 1 fully saturated rings. The van der Waals surface area contributed by atoms with Crippen molar-refractivity contribution in [3.05, 3.63) is 18.0 Å². The van der Waals surface area contributed by atoms with Crippen LogP contribution in [-0.2, 0) is 5.54 Å². The van der Waals surface area contributed by atoms with Gasteiger partial charge in [-0.2, -0.15) is 0 Å². The van der Waals surface area contributed by atoms with Gasteiger partial charge in [-0.25, -0.2) is 9.97 Å². The molecule has 0 aliphatic heterocycles. The Morgan fingerprint density at radius 1 is 1.35 bits per heavy atom. The lowest BCUT2D eigenvalue weighted by Gasteiger charge is -2.41. The fourth-order valence-corrected chi connectivity index (χ4v) is 2.75. The Morgan fingerprint density at radius 3 is 2.53 bits per heavy atom. The molecule has 1 aromatic heterocycles. The molecule has 2 rings (SSSR count). The van der Waals surface area contributed by atoms with Crippen LogP contribution in [0.5, 0.6) is 6.01 Å². The molecule has 1 saturated carbocycles. The van der Waals surface area contributed by atoms with Crippen LogP contribution in [0.2, 0.25) is 0 Å². The van der Waals surface area contributed by atoms with E-state index >= 15 is 0 Å². The van der Waals surface area contributed by atoms with Crippen molar-refractivity contribution in [2.24, 2.45) is 17.6 Å². The van der Waals surface area contributed by atoms with E-state index in [2.05, 4.69) is 23.8 Å². The summed E-state index contributed by atoms with van der Waals surface area (Å²) in [6.45, 7) is 4.51. The molecule has 0 amide bonds. The molecule has 1 aliphatic rings. The number of nitrogens with zero attached hydrogens (tertiary/aromatic N) is 2. The summed E-state index contributed by atoms with van der Waals surface area (Å²) in [7, 11) is 1.57.